The van der Waals surface area contributed by atoms with Gasteiger partial charge in [0.2, 0.25) is 0 Å². The summed E-state index contributed by atoms with van der Waals surface area (Å²) in [5, 5.41) is 5.57. The Hall–Kier alpha value is -3.67. The molecule has 0 saturated heterocycles. The Morgan fingerprint density at radius 3 is 2.31 bits per heavy atom. The average Bonchev–Trinajstić information content (AvgIpc) is 2.74. The molecule has 0 aliphatic rings. The van der Waals surface area contributed by atoms with Gasteiger partial charge in [0.1, 0.15) is 11.6 Å². The van der Waals surface area contributed by atoms with Crippen LogP contribution in [0.4, 0.5) is 10.1 Å². The van der Waals surface area contributed by atoms with Crippen molar-refractivity contribution in [2.45, 2.75) is 19.6 Å². The highest BCUT2D eigenvalue weighted by molar-refractivity contribution is 6.04. The van der Waals surface area contributed by atoms with Crippen LogP contribution >= 0.6 is 0 Å². The molecule has 1 unspecified atom stereocenters. The number of ether oxygens (including phenoxy) is 1. The van der Waals surface area contributed by atoms with Gasteiger partial charge in [-0.2, -0.15) is 0 Å². The third kappa shape index (κ3) is 5.65. The van der Waals surface area contributed by atoms with E-state index < -0.39 is 12.0 Å². The number of hydrogen-bond donors (Lipinski definition) is 2. The zero-order valence-electron chi connectivity index (χ0n) is 15.9. The van der Waals surface area contributed by atoms with Crippen LogP contribution < -0.4 is 15.4 Å². The third-order valence-electron chi connectivity index (χ3n) is 4.22. The van der Waals surface area contributed by atoms with Crippen molar-refractivity contribution in [3.05, 3.63) is 95.8 Å². The molecule has 29 heavy (non-hydrogen) atoms. The lowest BCUT2D eigenvalue weighted by Crippen LogP contribution is -2.31. The highest BCUT2D eigenvalue weighted by atomic mass is 19.1. The summed E-state index contributed by atoms with van der Waals surface area (Å²) in [4.78, 5) is 25.1. The summed E-state index contributed by atoms with van der Waals surface area (Å²) in [5.74, 6) is -0.720. The van der Waals surface area contributed by atoms with E-state index in [1.165, 1.54) is 24.3 Å². The number of carbonyl (C=O) groups is 2. The van der Waals surface area contributed by atoms with Crippen molar-refractivity contribution in [3.63, 3.8) is 0 Å². The van der Waals surface area contributed by atoms with Gasteiger partial charge in [-0.15, -0.1) is 0 Å². The van der Waals surface area contributed by atoms with Gasteiger partial charge in [-0.1, -0.05) is 42.5 Å². The monoisotopic (exact) mass is 392 g/mol. The van der Waals surface area contributed by atoms with Crippen molar-refractivity contribution >= 4 is 17.5 Å². The fraction of sp³-hybridized carbons (Fsp3) is 0.130. The van der Waals surface area contributed by atoms with Crippen molar-refractivity contribution < 1.29 is 18.7 Å². The molecule has 6 heteroatoms. The molecule has 3 aromatic carbocycles. The second-order valence-corrected chi connectivity index (χ2v) is 6.42. The number of rotatable bonds is 7. The Kier molecular flexibility index (Phi) is 6.58. The second-order valence-electron chi connectivity index (χ2n) is 6.42. The van der Waals surface area contributed by atoms with Gasteiger partial charge in [0.05, 0.1) is 11.3 Å². The molecule has 0 heterocycles. The molecule has 2 N–H and O–H groups in total. The zero-order chi connectivity index (χ0) is 20.6. The molecule has 0 fully saturated rings. The average molecular weight is 392 g/mol. The summed E-state index contributed by atoms with van der Waals surface area (Å²) in [6.07, 6.45) is -0.833. The molecule has 1 atom stereocenters. The topological polar surface area (TPSA) is 67.4 Å². The van der Waals surface area contributed by atoms with Gasteiger partial charge in [-0.25, -0.2) is 4.39 Å². The predicted molar refractivity (Wildman–Crippen MR) is 109 cm³/mol. The number of amides is 2. The Bertz CT molecular complexity index is 975. The lowest BCUT2D eigenvalue weighted by Gasteiger charge is -2.16. The van der Waals surface area contributed by atoms with Crippen LogP contribution in [0.2, 0.25) is 0 Å². The van der Waals surface area contributed by atoms with Crippen molar-refractivity contribution in [1.29, 1.82) is 0 Å². The Labute approximate surface area is 168 Å². The van der Waals surface area contributed by atoms with Crippen LogP contribution in [-0.2, 0) is 11.3 Å². The normalized spacial score (nSPS) is 11.4. The molecule has 0 radical (unpaired) electrons. The highest BCUT2D eigenvalue weighted by Crippen LogP contribution is 2.17. The summed E-state index contributed by atoms with van der Waals surface area (Å²) in [5.41, 5.74) is 1.71. The van der Waals surface area contributed by atoms with Crippen molar-refractivity contribution in [2.24, 2.45) is 0 Å². The zero-order valence-corrected chi connectivity index (χ0v) is 15.9. The van der Waals surface area contributed by atoms with Crippen LogP contribution in [0.15, 0.2) is 78.9 Å². The third-order valence-corrected chi connectivity index (χ3v) is 4.22. The number of carbonyl (C=O) groups excluding carboxylic acids is 2. The van der Waals surface area contributed by atoms with E-state index >= 15 is 0 Å². The van der Waals surface area contributed by atoms with Crippen LogP contribution in [0.25, 0.3) is 0 Å². The van der Waals surface area contributed by atoms with Gasteiger partial charge in [0, 0.05) is 6.54 Å². The van der Waals surface area contributed by atoms with Gasteiger partial charge in [0.15, 0.2) is 6.10 Å². The molecule has 0 saturated carbocycles. The first-order valence-corrected chi connectivity index (χ1v) is 9.17. The van der Waals surface area contributed by atoms with Crippen LogP contribution in [0.3, 0.4) is 0 Å². The standard InChI is InChI=1S/C23H21FN2O3/c1-16(29-19-13-11-18(24)12-14-19)22(27)26-21-10-6-5-9-20(21)23(28)25-15-17-7-3-2-4-8-17/h2-14,16H,15H2,1H3,(H,25,28)(H,26,27). The van der Waals surface area contributed by atoms with Crippen molar-refractivity contribution in [3.8, 4) is 5.75 Å². The van der Waals surface area contributed by atoms with Gasteiger partial charge in [-0.3, -0.25) is 9.59 Å². The summed E-state index contributed by atoms with van der Waals surface area (Å²) in [7, 11) is 0. The number of anilines is 1. The quantitative estimate of drug-likeness (QED) is 0.634. The first kappa shape index (κ1) is 20.1. The van der Waals surface area contributed by atoms with Gasteiger partial charge < -0.3 is 15.4 Å². The Morgan fingerprint density at radius 2 is 1.59 bits per heavy atom. The van der Waals surface area contributed by atoms with Gasteiger partial charge in [0.25, 0.3) is 11.8 Å². The maximum Gasteiger partial charge on any atom is 0.265 e. The summed E-state index contributed by atoms with van der Waals surface area (Å²) < 4.78 is 18.5. The van der Waals surface area contributed by atoms with E-state index in [0.29, 0.717) is 23.5 Å². The van der Waals surface area contributed by atoms with Crippen molar-refractivity contribution in [1.82, 2.24) is 5.32 Å². The second kappa shape index (κ2) is 9.50. The summed E-state index contributed by atoms with van der Waals surface area (Å²) >= 11 is 0. The van der Waals surface area contributed by atoms with E-state index in [1.54, 1.807) is 31.2 Å². The van der Waals surface area contributed by atoms with Crippen LogP contribution in [0.1, 0.15) is 22.8 Å². The SMILES string of the molecule is CC(Oc1ccc(F)cc1)C(=O)Nc1ccccc1C(=O)NCc1ccccc1. The molecule has 5 nitrogen and oxygen atoms in total. The molecular formula is C23H21FN2O3. The minimum absolute atomic E-state index is 0.295. The van der Waals surface area contributed by atoms with Crippen molar-refractivity contribution in [2.75, 3.05) is 5.32 Å². The number of benzene rings is 3. The number of nitrogens with one attached hydrogen (secondary N) is 2. The maximum absolute atomic E-state index is 13.0. The van der Waals surface area contributed by atoms with E-state index in [1.807, 2.05) is 30.3 Å². The van der Waals surface area contributed by atoms with Gasteiger partial charge >= 0.3 is 0 Å². The van der Waals surface area contributed by atoms with E-state index in [-0.39, 0.29) is 11.7 Å². The number of para-hydroxylation sites is 1. The summed E-state index contributed by atoms with van der Waals surface area (Å²) in [6.45, 7) is 1.96. The smallest absolute Gasteiger partial charge is 0.265 e. The Balaban J connectivity index is 1.63. The Morgan fingerprint density at radius 1 is 0.931 bits per heavy atom. The molecule has 0 aromatic heterocycles. The van der Waals surface area contributed by atoms with E-state index in [4.69, 9.17) is 4.74 Å². The fourth-order valence-electron chi connectivity index (χ4n) is 2.67. The van der Waals surface area contributed by atoms with Gasteiger partial charge in [-0.05, 0) is 48.9 Å². The molecule has 148 valence electrons. The molecule has 0 spiro atoms. The first-order valence-electron chi connectivity index (χ1n) is 9.17. The summed E-state index contributed by atoms with van der Waals surface area (Å²) in [6, 6.07) is 21.7. The van der Waals surface area contributed by atoms with E-state index in [2.05, 4.69) is 10.6 Å². The number of halogens is 1. The minimum Gasteiger partial charge on any atom is -0.481 e. The highest BCUT2D eigenvalue weighted by Gasteiger charge is 2.18. The number of hydrogen-bond acceptors (Lipinski definition) is 3. The van der Waals surface area contributed by atoms with Crippen LogP contribution in [0, 0.1) is 5.82 Å². The van der Waals surface area contributed by atoms with E-state index in [0.717, 1.165) is 5.56 Å². The van der Waals surface area contributed by atoms with Crippen LogP contribution in [-0.4, -0.2) is 17.9 Å². The maximum atomic E-state index is 13.0. The minimum atomic E-state index is -0.833. The lowest BCUT2D eigenvalue weighted by molar-refractivity contribution is -0.122. The molecule has 0 aliphatic carbocycles. The lowest BCUT2D eigenvalue weighted by atomic mass is 10.1. The largest absolute Gasteiger partial charge is 0.481 e. The molecule has 0 bridgehead atoms. The molecule has 2 amide bonds. The van der Waals surface area contributed by atoms with E-state index in [9.17, 15) is 14.0 Å². The molecular weight excluding hydrogens is 371 g/mol. The fourth-order valence-corrected chi connectivity index (χ4v) is 2.67. The molecule has 3 rings (SSSR count). The first-order chi connectivity index (χ1) is 14.0. The van der Waals surface area contributed by atoms with Crippen LogP contribution in [0.5, 0.6) is 5.75 Å². The predicted octanol–water partition coefficient (Wildman–Crippen LogP) is 4.16. The molecule has 0 aliphatic heterocycles. The molecule has 3 aromatic rings.